The number of hydrogen-bond donors (Lipinski definition) is 1. The van der Waals surface area contributed by atoms with E-state index in [2.05, 4.69) is 26.9 Å². The first kappa shape index (κ1) is 11.4. The van der Waals surface area contributed by atoms with Crippen molar-refractivity contribution < 1.29 is 4.52 Å². The summed E-state index contributed by atoms with van der Waals surface area (Å²) in [4.78, 5) is 10.7. The molecule has 0 spiro atoms. The molecule has 2 aromatic rings. The van der Waals surface area contributed by atoms with Crippen LogP contribution in [0.4, 0.5) is 5.82 Å². The maximum absolute atomic E-state index is 6.14. The Morgan fingerprint density at radius 2 is 2.28 bits per heavy atom. The molecule has 18 heavy (non-hydrogen) atoms. The molecule has 0 aliphatic carbocycles. The monoisotopic (exact) mass is 247 g/mol. The summed E-state index contributed by atoms with van der Waals surface area (Å²) in [5.74, 6) is 1.45. The topological polar surface area (TPSA) is 81.1 Å². The quantitative estimate of drug-likeness (QED) is 0.812. The van der Waals surface area contributed by atoms with E-state index in [1.54, 1.807) is 0 Å². The lowest BCUT2D eigenvalue weighted by Crippen LogP contribution is -2.48. The highest BCUT2D eigenvalue weighted by atomic mass is 16.5. The van der Waals surface area contributed by atoms with Gasteiger partial charge in [-0.2, -0.15) is 4.98 Å². The highest BCUT2D eigenvalue weighted by molar-refractivity contribution is 5.87. The molecule has 1 fully saturated rings. The van der Waals surface area contributed by atoms with Gasteiger partial charge in [-0.1, -0.05) is 12.1 Å². The highest BCUT2D eigenvalue weighted by Gasteiger charge is 2.26. The van der Waals surface area contributed by atoms with Crippen LogP contribution >= 0.6 is 0 Å². The molecule has 96 valence electrons. The van der Waals surface area contributed by atoms with Crippen molar-refractivity contribution in [2.45, 2.75) is 26.3 Å². The lowest BCUT2D eigenvalue weighted by molar-refractivity contribution is 0.378. The van der Waals surface area contributed by atoms with Crippen molar-refractivity contribution in [1.29, 1.82) is 0 Å². The Hall–Kier alpha value is -1.69. The van der Waals surface area contributed by atoms with Crippen molar-refractivity contribution in [2.24, 2.45) is 11.7 Å². The molecule has 2 N–H and O–H groups in total. The zero-order chi connectivity index (χ0) is 12.7. The Kier molecular flexibility index (Phi) is 2.66. The van der Waals surface area contributed by atoms with Crippen LogP contribution in [0.5, 0.6) is 0 Å². The van der Waals surface area contributed by atoms with E-state index in [-0.39, 0.29) is 6.04 Å². The Labute approximate surface area is 105 Å². The average molecular weight is 247 g/mol. The first-order valence-corrected chi connectivity index (χ1v) is 6.24. The molecule has 0 radical (unpaired) electrons. The number of rotatable bonds is 1. The summed E-state index contributed by atoms with van der Waals surface area (Å²) in [5, 5.41) is 4.85. The van der Waals surface area contributed by atoms with Crippen LogP contribution in [0.1, 0.15) is 19.0 Å². The fourth-order valence-electron chi connectivity index (χ4n) is 2.44. The zero-order valence-electron chi connectivity index (χ0n) is 10.6. The van der Waals surface area contributed by atoms with Gasteiger partial charge in [0.05, 0.1) is 5.69 Å². The summed E-state index contributed by atoms with van der Waals surface area (Å²) in [6, 6.07) is 0.184. The van der Waals surface area contributed by atoms with Gasteiger partial charge in [0, 0.05) is 19.1 Å². The van der Waals surface area contributed by atoms with Gasteiger partial charge in [0.15, 0.2) is 0 Å². The second kappa shape index (κ2) is 4.20. The third kappa shape index (κ3) is 1.73. The Balaban J connectivity index is 2.01. The first-order valence-electron chi connectivity index (χ1n) is 6.24. The van der Waals surface area contributed by atoms with Crippen molar-refractivity contribution in [2.75, 3.05) is 18.0 Å². The minimum absolute atomic E-state index is 0.184. The molecular formula is C12H17N5O. The number of aryl methyl sites for hydroxylation is 1. The van der Waals surface area contributed by atoms with Crippen molar-refractivity contribution in [3.8, 4) is 0 Å². The molecule has 3 heterocycles. The van der Waals surface area contributed by atoms with Gasteiger partial charge in [0.1, 0.15) is 17.5 Å². The van der Waals surface area contributed by atoms with E-state index in [1.807, 2.05) is 6.92 Å². The molecule has 2 atom stereocenters. The number of anilines is 1. The second-order valence-electron chi connectivity index (χ2n) is 5.02. The maximum Gasteiger partial charge on any atom is 0.263 e. The van der Waals surface area contributed by atoms with Crippen LogP contribution in [0.3, 0.4) is 0 Å². The van der Waals surface area contributed by atoms with Crippen LogP contribution in [-0.2, 0) is 0 Å². The van der Waals surface area contributed by atoms with Crippen molar-refractivity contribution in [3.05, 3.63) is 12.0 Å². The maximum atomic E-state index is 6.14. The predicted octanol–water partition coefficient (Wildman–Crippen LogP) is 1.10. The van der Waals surface area contributed by atoms with Crippen molar-refractivity contribution in [1.82, 2.24) is 15.1 Å². The smallest absolute Gasteiger partial charge is 0.263 e. The van der Waals surface area contributed by atoms with Gasteiger partial charge < -0.3 is 15.2 Å². The number of aromatic nitrogens is 3. The van der Waals surface area contributed by atoms with Crippen LogP contribution < -0.4 is 10.6 Å². The van der Waals surface area contributed by atoms with Gasteiger partial charge >= 0.3 is 0 Å². The molecule has 1 saturated heterocycles. The summed E-state index contributed by atoms with van der Waals surface area (Å²) in [7, 11) is 0. The summed E-state index contributed by atoms with van der Waals surface area (Å²) < 4.78 is 5.17. The number of piperidine rings is 1. The Morgan fingerprint density at radius 3 is 3.06 bits per heavy atom. The third-order valence-corrected chi connectivity index (χ3v) is 3.74. The molecule has 1 aliphatic heterocycles. The normalized spacial score (nSPS) is 24.7. The van der Waals surface area contributed by atoms with Gasteiger partial charge in [-0.3, -0.25) is 0 Å². The fraction of sp³-hybridized carbons (Fsp3) is 0.583. The van der Waals surface area contributed by atoms with Crippen molar-refractivity contribution in [3.63, 3.8) is 0 Å². The van der Waals surface area contributed by atoms with E-state index in [1.165, 1.54) is 6.33 Å². The molecule has 0 saturated carbocycles. The average Bonchev–Trinajstić information content (AvgIpc) is 2.75. The van der Waals surface area contributed by atoms with E-state index in [4.69, 9.17) is 10.3 Å². The van der Waals surface area contributed by atoms with Crippen LogP contribution in [0.15, 0.2) is 10.9 Å². The zero-order valence-corrected chi connectivity index (χ0v) is 10.6. The van der Waals surface area contributed by atoms with Crippen LogP contribution in [0.2, 0.25) is 0 Å². The van der Waals surface area contributed by atoms with Crippen molar-refractivity contribution >= 4 is 16.9 Å². The van der Waals surface area contributed by atoms with Crippen LogP contribution in [0.25, 0.3) is 11.1 Å². The van der Waals surface area contributed by atoms with Gasteiger partial charge in [-0.05, 0) is 19.3 Å². The number of hydrogen-bond acceptors (Lipinski definition) is 6. The van der Waals surface area contributed by atoms with Gasteiger partial charge in [-0.15, -0.1) is 0 Å². The molecule has 0 bridgehead atoms. The Bertz CT molecular complexity index is 567. The molecule has 3 rings (SSSR count). The molecule has 2 unspecified atom stereocenters. The summed E-state index contributed by atoms with van der Waals surface area (Å²) in [6.45, 7) is 5.89. The molecule has 2 aromatic heterocycles. The van der Waals surface area contributed by atoms with Crippen LogP contribution in [0, 0.1) is 12.8 Å². The number of fused-ring (bicyclic) bond motifs is 1. The standard InChI is InChI=1S/C12H17N5O/c1-7-3-4-17(5-9(7)13)11-10-8(2)16-18-12(10)15-6-14-11/h6-7,9H,3-5,13H2,1-2H3. The molecule has 6 heteroatoms. The van der Waals surface area contributed by atoms with E-state index < -0.39 is 0 Å². The first-order chi connectivity index (χ1) is 8.66. The van der Waals surface area contributed by atoms with Gasteiger partial charge in [0.25, 0.3) is 5.71 Å². The van der Waals surface area contributed by atoms with Gasteiger partial charge in [0.2, 0.25) is 0 Å². The number of nitrogens with zero attached hydrogens (tertiary/aromatic N) is 4. The minimum Gasteiger partial charge on any atom is -0.354 e. The van der Waals surface area contributed by atoms with Crippen LogP contribution in [-0.4, -0.2) is 34.3 Å². The summed E-state index contributed by atoms with van der Waals surface area (Å²) in [6.07, 6.45) is 2.60. The lowest BCUT2D eigenvalue weighted by Gasteiger charge is -2.35. The molecule has 0 aromatic carbocycles. The van der Waals surface area contributed by atoms with E-state index in [0.717, 1.165) is 36.4 Å². The fourth-order valence-corrected chi connectivity index (χ4v) is 2.44. The molecule has 1 aliphatic rings. The SMILES string of the molecule is Cc1noc2ncnc(N3CCC(C)C(N)C3)c12. The van der Waals surface area contributed by atoms with E-state index in [9.17, 15) is 0 Å². The second-order valence-corrected chi connectivity index (χ2v) is 5.02. The third-order valence-electron chi connectivity index (χ3n) is 3.74. The molecule has 0 amide bonds. The summed E-state index contributed by atoms with van der Waals surface area (Å²) in [5.41, 5.74) is 7.51. The Morgan fingerprint density at radius 1 is 1.44 bits per heavy atom. The minimum atomic E-state index is 0.184. The molecule has 6 nitrogen and oxygen atoms in total. The number of nitrogens with two attached hydrogens (primary N) is 1. The van der Waals surface area contributed by atoms with E-state index in [0.29, 0.717) is 11.6 Å². The van der Waals surface area contributed by atoms with E-state index >= 15 is 0 Å². The summed E-state index contributed by atoms with van der Waals surface area (Å²) >= 11 is 0. The highest BCUT2D eigenvalue weighted by Crippen LogP contribution is 2.28. The lowest BCUT2D eigenvalue weighted by atomic mass is 9.94. The predicted molar refractivity (Wildman–Crippen MR) is 68.3 cm³/mol. The van der Waals surface area contributed by atoms with Gasteiger partial charge in [-0.25, -0.2) is 4.98 Å². The largest absolute Gasteiger partial charge is 0.354 e. The molecular weight excluding hydrogens is 230 g/mol.